The molecule has 0 aromatic heterocycles. The van der Waals surface area contributed by atoms with Crippen LogP contribution in [0.4, 0.5) is 13.2 Å². The van der Waals surface area contributed by atoms with Crippen LogP contribution in [0.15, 0.2) is 0 Å². The molecule has 2 fully saturated rings. The molecule has 2 N–H and O–H groups in total. The molecule has 2 aliphatic carbocycles. The molecule has 5 heteroatoms. The van der Waals surface area contributed by atoms with Crippen molar-refractivity contribution in [1.82, 2.24) is 5.32 Å². The number of halogens is 3. The van der Waals surface area contributed by atoms with Gasteiger partial charge in [0.15, 0.2) is 0 Å². The van der Waals surface area contributed by atoms with Crippen molar-refractivity contribution in [2.75, 3.05) is 13.2 Å². The first-order valence-corrected chi connectivity index (χ1v) is 6.38. The number of hydrogen-bond acceptors (Lipinski definition) is 2. The molecule has 2 nitrogen and oxygen atoms in total. The van der Waals surface area contributed by atoms with Gasteiger partial charge < -0.3 is 10.4 Å². The van der Waals surface area contributed by atoms with Crippen LogP contribution in [0, 0.1) is 11.8 Å². The maximum atomic E-state index is 12.5. The second kappa shape index (κ2) is 4.76. The van der Waals surface area contributed by atoms with Crippen molar-refractivity contribution in [3.8, 4) is 0 Å². The summed E-state index contributed by atoms with van der Waals surface area (Å²) in [6.45, 7) is 0.793. The van der Waals surface area contributed by atoms with Gasteiger partial charge in [-0.1, -0.05) is 0 Å². The van der Waals surface area contributed by atoms with E-state index in [0.717, 1.165) is 6.54 Å². The molecule has 0 heterocycles. The number of alkyl halides is 3. The molecule has 2 rings (SSSR count). The van der Waals surface area contributed by atoms with Crippen LogP contribution >= 0.6 is 0 Å². The molecular formula is C12H20F3NO. The summed E-state index contributed by atoms with van der Waals surface area (Å²) in [6, 6.07) is 0. The van der Waals surface area contributed by atoms with Gasteiger partial charge in [-0.25, -0.2) is 0 Å². The summed E-state index contributed by atoms with van der Waals surface area (Å²) in [5.41, 5.74) is -0.454. The van der Waals surface area contributed by atoms with E-state index in [1.807, 2.05) is 0 Å². The molecule has 2 aliphatic rings. The molecule has 0 saturated heterocycles. The lowest BCUT2D eigenvalue weighted by Gasteiger charge is -2.40. The van der Waals surface area contributed by atoms with Crippen molar-refractivity contribution in [3.63, 3.8) is 0 Å². The fourth-order valence-electron chi connectivity index (χ4n) is 2.57. The molecule has 17 heavy (non-hydrogen) atoms. The van der Waals surface area contributed by atoms with Gasteiger partial charge in [-0.2, -0.15) is 13.2 Å². The van der Waals surface area contributed by atoms with E-state index in [9.17, 15) is 18.3 Å². The summed E-state index contributed by atoms with van der Waals surface area (Å²) in [7, 11) is 0. The second-order valence-corrected chi connectivity index (χ2v) is 5.58. The highest BCUT2D eigenvalue weighted by molar-refractivity contribution is 4.95. The Hall–Kier alpha value is -0.290. The van der Waals surface area contributed by atoms with Gasteiger partial charge in [0.2, 0.25) is 0 Å². The van der Waals surface area contributed by atoms with Gasteiger partial charge in [0.1, 0.15) is 0 Å². The van der Waals surface area contributed by atoms with Crippen LogP contribution in [0.2, 0.25) is 0 Å². The summed E-state index contributed by atoms with van der Waals surface area (Å²) in [5, 5.41) is 12.7. The molecule has 0 radical (unpaired) electrons. The first kappa shape index (κ1) is 13.1. The minimum Gasteiger partial charge on any atom is -0.394 e. The van der Waals surface area contributed by atoms with Gasteiger partial charge in [-0.15, -0.1) is 0 Å². The Balaban J connectivity index is 1.84. The van der Waals surface area contributed by atoms with E-state index >= 15 is 0 Å². The van der Waals surface area contributed by atoms with Crippen LogP contribution < -0.4 is 5.32 Å². The Kier molecular flexibility index (Phi) is 3.69. The SMILES string of the molecule is OCC1(NCC2CC2)CCC(C(F)(F)F)CC1. The van der Waals surface area contributed by atoms with Crippen molar-refractivity contribution < 1.29 is 18.3 Å². The van der Waals surface area contributed by atoms with Crippen LogP contribution in [-0.2, 0) is 0 Å². The third-order valence-corrected chi connectivity index (χ3v) is 4.17. The van der Waals surface area contributed by atoms with Crippen LogP contribution in [0.5, 0.6) is 0 Å². The van der Waals surface area contributed by atoms with Crippen LogP contribution in [0.25, 0.3) is 0 Å². The Labute approximate surface area is 99.6 Å². The quantitative estimate of drug-likeness (QED) is 0.804. The third-order valence-electron chi connectivity index (χ3n) is 4.17. The van der Waals surface area contributed by atoms with E-state index < -0.39 is 17.6 Å². The fraction of sp³-hybridized carbons (Fsp3) is 1.00. The molecular weight excluding hydrogens is 231 g/mol. The highest BCUT2D eigenvalue weighted by Gasteiger charge is 2.45. The van der Waals surface area contributed by atoms with E-state index in [1.54, 1.807) is 0 Å². The Morgan fingerprint density at radius 1 is 1.12 bits per heavy atom. The number of aliphatic hydroxyl groups excluding tert-OH is 1. The Bertz CT molecular complexity index is 255. The lowest BCUT2D eigenvalue weighted by molar-refractivity contribution is -0.186. The first-order valence-electron chi connectivity index (χ1n) is 6.38. The van der Waals surface area contributed by atoms with Gasteiger partial charge in [-0.05, 0) is 51.0 Å². The van der Waals surface area contributed by atoms with Gasteiger partial charge >= 0.3 is 6.18 Å². The summed E-state index contributed by atoms with van der Waals surface area (Å²) in [5.74, 6) is -0.497. The van der Waals surface area contributed by atoms with Crippen molar-refractivity contribution in [3.05, 3.63) is 0 Å². The topological polar surface area (TPSA) is 32.3 Å². The molecule has 0 bridgehead atoms. The maximum absolute atomic E-state index is 12.5. The van der Waals surface area contributed by atoms with E-state index in [0.29, 0.717) is 18.8 Å². The fourth-order valence-corrected chi connectivity index (χ4v) is 2.57. The van der Waals surface area contributed by atoms with Crippen molar-refractivity contribution >= 4 is 0 Å². The molecule has 0 amide bonds. The minimum absolute atomic E-state index is 0.0513. The third kappa shape index (κ3) is 3.35. The van der Waals surface area contributed by atoms with E-state index in [-0.39, 0.29) is 19.4 Å². The monoisotopic (exact) mass is 251 g/mol. The number of aliphatic hydroxyl groups is 1. The second-order valence-electron chi connectivity index (χ2n) is 5.58. The molecule has 0 atom stereocenters. The number of nitrogens with one attached hydrogen (secondary N) is 1. The van der Waals surface area contributed by atoms with Crippen molar-refractivity contribution in [2.24, 2.45) is 11.8 Å². The molecule has 0 aromatic carbocycles. The normalized spacial score (nSPS) is 34.9. The van der Waals surface area contributed by atoms with Crippen molar-refractivity contribution in [2.45, 2.75) is 50.2 Å². The van der Waals surface area contributed by atoms with Crippen LogP contribution in [-0.4, -0.2) is 30.0 Å². The average molecular weight is 251 g/mol. The zero-order chi connectivity index (χ0) is 12.5. The Morgan fingerprint density at radius 2 is 1.71 bits per heavy atom. The van der Waals surface area contributed by atoms with Gasteiger partial charge in [0, 0.05) is 5.54 Å². The average Bonchev–Trinajstić information content (AvgIpc) is 3.09. The van der Waals surface area contributed by atoms with E-state index in [2.05, 4.69) is 5.32 Å². The van der Waals surface area contributed by atoms with Gasteiger partial charge in [0.25, 0.3) is 0 Å². The molecule has 0 aromatic rings. The zero-order valence-electron chi connectivity index (χ0n) is 9.89. The highest BCUT2D eigenvalue weighted by Crippen LogP contribution is 2.41. The van der Waals surface area contributed by atoms with Crippen molar-refractivity contribution in [1.29, 1.82) is 0 Å². The lowest BCUT2D eigenvalue weighted by atomic mass is 9.76. The summed E-state index contributed by atoms with van der Waals surface area (Å²) in [4.78, 5) is 0. The number of rotatable bonds is 4. The smallest absolute Gasteiger partial charge is 0.391 e. The van der Waals surface area contributed by atoms with Gasteiger partial charge in [-0.3, -0.25) is 0 Å². The zero-order valence-corrected chi connectivity index (χ0v) is 9.89. The molecule has 100 valence electrons. The largest absolute Gasteiger partial charge is 0.394 e. The van der Waals surface area contributed by atoms with Crippen LogP contribution in [0.3, 0.4) is 0 Å². The summed E-state index contributed by atoms with van der Waals surface area (Å²) in [6.07, 6.45) is -0.512. The lowest BCUT2D eigenvalue weighted by Crippen LogP contribution is -2.52. The maximum Gasteiger partial charge on any atom is 0.391 e. The molecule has 0 aliphatic heterocycles. The molecule has 0 unspecified atom stereocenters. The van der Waals surface area contributed by atoms with E-state index in [1.165, 1.54) is 12.8 Å². The minimum atomic E-state index is -4.07. The molecule has 2 saturated carbocycles. The molecule has 0 spiro atoms. The number of hydrogen-bond donors (Lipinski definition) is 2. The predicted molar refractivity (Wildman–Crippen MR) is 58.6 cm³/mol. The summed E-state index contributed by atoms with van der Waals surface area (Å²) >= 11 is 0. The van der Waals surface area contributed by atoms with Gasteiger partial charge in [0.05, 0.1) is 12.5 Å². The first-order chi connectivity index (χ1) is 7.95. The standard InChI is InChI=1S/C12H20F3NO/c13-12(14,15)10-3-5-11(8-17,6-4-10)16-7-9-1-2-9/h9-10,16-17H,1-8H2. The summed E-state index contributed by atoms with van der Waals surface area (Å²) < 4.78 is 37.6. The predicted octanol–water partition coefficient (Wildman–Crippen LogP) is 2.47. The van der Waals surface area contributed by atoms with Crippen LogP contribution in [0.1, 0.15) is 38.5 Å². The Morgan fingerprint density at radius 3 is 2.12 bits per heavy atom. The highest BCUT2D eigenvalue weighted by atomic mass is 19.4. The van der Waals surface area contributed by atoms with E-state index in [4.69, 9.17) is 0 Å².